The number of rotatable bonds is 6. The van der Waals surface area contributed by atoms with Gasteiger partial charge in [0.1, 0.15) is 11.5 Å². The molecule has 1 aromatic carbocycles. The van der Waals surface area contributed by atoms with Gasteiger partial charge in [0.05, 0.1) is 5.69 Å². The van der Waals surface area contributed by atoms with Crippen molar-refractivity contribution in [2.24, 2.45) is 11.8 Å². The zero-order chi connectivity index (χ0) is 21.8. The van der Waals surface area contributed by atoms with E-state index in [1.807, 2.05) is 0 Å². The van der Waals surface area contributed by atoms with E-state index in [0.717, 1.165) is 67.7 Å². The molecule has 1 fully saturated rings. The van der Waals surface area contributed by atoms with Crippen LogP contribution in [0.1, 0.15) is 67.7 Å². The molecule has 2 aliphatic heterocycles. The van der Waals surface area contributed by atoms with Crippen LogP contribution >= 0.6 is 0 Å². The summed E-state index contributed by atoms with van der Waals surface area (Å²) in [5.41, 5.74) is 4.09. The fraction of sp³-hybridized carbons (Fsp3) is 0.615. The highest BCUT2D eigenvalue weighted by Gasteiger charge is 2.24. The second-order valence-corrected chi connectivity index (χ2v) is 9.87. The number of carbonyl (C=O) groups is 1. The lowest BCUT2D eigenvalue weighted by Gasteiger charge is -2.34. The molecule has 4 rings (SSSR count). The molecule has 31 heavy (non-hydrogen) atoms. The molecule has 168 valence electrons. The normalized spacial score (nSPS) is 22.0. The van der Waals surface area contributed by atoms with Gasteiger partial charge in [0.25, 0.3) is 5.91 Å². The number of carbonyl (C=O) groups excluding carboxylic acids is 1. The fourth-order valence-electron chi connectivity index (χ4n) is 5.39. The SMILES string of the molecule is Cc1ccc(-c2nc(C(=O)NCCCN3C[C@H](C)C[C@H](C)C3)c3n2CCCCC3)cc1. The Morgan fingerprint density at radius 3 is 2.58 bits per heavy atom. The molecule has 1 amide bonds. The minimum Gasteiger partial charge on any atom is -0.351 e. The lowest BCUT2D eigenvalue weighted by atomic mass is 9.92. The topological polar surface area (TPSA) is 50.2 Å². The summed E-state index contributed by atoms with van der Waals surface area (Å²) in [6.45, 7) is 11.9. The predicted octanol–water partition coefficient (Wildman–Crippen LogP) is 4.68. The quantitative estimate of drug-likeness (QED) is 0.688. The molecule has 0 radical (unpaired) electrons. The molecule has 1 N–H and O–H groups in total. The molecule has 2 atom stereocenters. The van der Waals surface area contributed by atoms with Crippen LogP contribution in [-0.4, -0.2) is 46.5 Å². The van der Waals surface area contributed by atoms with Gasteiger partial charge in [0.15, 0.2) is 0 Å². The first kappa shape index (κ1) is 22.1. The van der Waals surface area contributed by atoms with Crippen molar-refractivity contribution >= 4 is 5.91 Å². The van der Waals surface area contributed by atoms with Crippen molar-refractivity contribution in [3.63, 3.8) is 0 Å². The molecule has 0 spiro atoms. The monoisotopic (exact) mass is 422 g/mol. The number of fused-ring (bicyclic) bond motifs is 1. The van der Waals surface area contributed by atoms with Crippen molar-refractivity contribution in [1.82, 2.24) is 19.8 Å². The molecule has 1 aromatic heterocycles. The Morgan fingerprint density at radius 2 is 1.84 bits per heavy atom. The first-order valence-electron chi connectivity index (χ1n) is 12.2. The highest BCUT2D eigenvalue weighted by molar-refractivity contribution is 5.94. The van der Waals surface area contributed by atoms with E-state index in [-0.39, 0.29) is 5.91 Å². The number of amides is 1. The predicted molar refractivity (Wildman–Crippen MR) is 126 cm³/mol. The maximum atomic E-state index is 13.1. The van der Waals surface area contributed by atoms with Crippen LogP contribution in [0.4, 0.5) is 0 Å². The maximum absolute atomic E-state index is 13.1. The molecular formula is C26H38N4O. The van der Waals surface area contributed by atoms with Crippen LogP contribution in [0.25, 0.3) is 11.4 Å². The number of nitrogens with one attached hydrogen (secondary N) is 1. The van der Waals surface area contributed by atoms with Crippen LogP contribution in [0, 0.1) is 18.8 Å². The third kappa shape index (κ3) is 5.38. The number of benzene rings is 1. The number of piperidine rings is 1. The lowest BCUT2D eigenvalue weighted by molar-refractivity contribution is 0.0941. The van der Waals surface area contributed by atoms with Crippen molar-refractivity contribution < 1.29 is 4.79 Å². The molecular weight excluding hydrogens is 384 g/mol. The number of aromatic nitrogens is 2. The second kappa shape index (κ2) is 9.99. The van der Waals surface area contributed by atoms with E-state index in [1.165, 1.54) is 31.5 Å². The van der Waals surface area contributed by atoms with Gasteiger partial charge >= 0.3 is 0 Å². The van der Waals surface area contributed by atoms with Crippen molar-refractivity contribution in [1.29, 1.82) is 0 Å². The van der Waals surface area contributed by atoms with Crippen LogP contribution in [0.2, 0.25) is 0 Å². The summed E-state index contributed by atoms with van der Waals surface area (Å²) in [5, 5.41) is 3.16. The molecule has 0 unspecified atom stereocenters. The van der Waals surface area contributed by atoms with E-state index >= 15 is 0 Å². The average molecular weight is 423 g/mol. The van der Waals surface area contributed by atoms with Gasteiger partial charge in [0, 0.05) is 31.7 Å². The molecule has 3 heterocycles. The summed E-state index contributed by atoms with van der Waals surface area (Å²) in [5.74, 6) is 2.49. The van der Waals surface area contributed by atoms with Crippen LogP contribution in [-0.2, 0) is 13.0 Å². The van der Waals surface area contributed by atoms with Gasteiger partial charge in [-0.1, -0.05) is 50.1 Å². The first-order chi connectivity index (χ1) is 15.0. The van der Waals surface area contributed by atoms with Gasteiger partial charge in [-0.25, -0.2) is 4.98 Å². The fourth-order valence-corrected chi connectivity index (χ4v) is 5.39. The van der Waals surface area contributed by atoms with E-state index in [9.17, 15) is 4.79 Å². The molecule has 2 aromatic rings. The van der Waals surface area contributed by atoms with Crippen LogP contribution < -0.4 is 5.32 Å². The van der Waals surface area contributed by atoms with Crippen LogP contribution in [0.15, 0.2) is 24.3 Å². The summed E-state index contributed by atoms with van der Waals surface area (Å²) in [7, 11) is 0. The Hall–Kier alpha value is -2.14. The standard InChI is InChI=1S/C26H38N4O/c1-19-9-11-22(12-10-19)25-28-24(23-8-5-4-6-15-30(23)25)26(31)27-13-7-14-29-17-20(2)16-21(3)18-29/h9-12,20-21H,4-8,13-18H2,1-3H3,(H,27,31)/t20-,21+. The van der Waals surface area contributed by atoms with Gasteiger partial charge in [-0.2, -0.15) is 0 Å². The van der Waals surface area contributed by atoms with E-state index in [1.54, 1.807) is 0 Å². The Bertz CT molecular complexity index is 876. The van der Waals surface area contributed by atoms with Crippen molar-refractivity contribution in [2.75, 3.05) is 26.2 Å². The Morgan fingerprint density at radius 1 is 1.10 bits per heavy atom. The summed E-state index contributed by atoms with van der Waals surface area (Å²) in [6.07, 6.45) is 6.75. The molecule has 1 saturated heterocycles. The zero-order valence-corrected chi connectivity index (χ0v) is 19.5. The molecule has 5 nitrogen and oxygen atoms in total. The summed E-state index contributed by atoms with van der Waals surface area (Å²) >= 11 is 0. The van der Waals surface area contributed by atoms with Crippen molar-refractivity contribution in [3.8, 4) is 11.4 Å². The molecule has 0 aliphatic carbocycles. The highest BCUT2D eigenvalue weighted by atomic mass is 16.1. The van der Waals surface area contributed by atoms with Crippen LogP contribution in [0.3, 0.4) is 0 Å². The van der Waals surface area contributed by atoms with E-state index < -0.39 is 0 Å². The summed E-state index contributed by atoms with van der Waals surface area (Å²) in [6, 6.07) is 8.49. The number of hydrogen-bond acceptors (Lipinski definition) is 3. The Kier molecular flexibility index (Phi) is 7.11. The number of likely N-dealkylation sites (tertiary alicyclic amines) is 1. The number of imidazole rings is 1. The minimum atomic E-state index is -0.00982. The van der Waals surface area contributed by atoms with Crippen molar-refractivity contribution in [3.05, 3.63) is 41.2 Å². The average Bonchev–Trinajstić information content (AvgIpc) is 2.92. The van der Waals surface area contributed by atoms with Gasteiger partial charge in [-0.05, 0) is 57.4 Å². The molecule has 2 aliphatic rings. The third-order valence-electron chi connectivity index (χ3n) is 6.77. The smallest absolute Gasteiger partial charge is 0.271 e. The summed E-state index contributed by atoms with van der Waals surface area (Å²) in [4.78, 5) is 20.5. The van der Waals surface area contributed by atoms with Gasteiger partial charge in [-0.15, -0.1) is 0 Å². The maximum Gasteiger partial charge on any atom is 0.271 e. The number of hydrogen-bond donors (Lipinski definition) is 1. The first-order valence-corrected chi connectivity index (χ1v) is 12.2. The Labute approximate surface area is 187 Å². The van der Waals surface area contributed by atoms with E-state index in [0.29, 0.717) is 12.2 Å². The van der Waals surface area contributed by atoms with Gasteiger partial charge in [0.2, 0.25) is 0 Å². The third-order valence-corrected chi connectivity index (χ3v) is 6.77. The number of aryl methyl sites for hydroxylation is 1. The minimum absolute atomic E-state index is 0.00982. The Balaban J connectivity index is 1.42. The second-order valence-electron chi connectivity index (χ2n) is 9.87. The molecule has 0 saturated carbocycles. The zero-order valence-electron chi connectivity index (χ0n) is 19.5. The lowest BCUT2D eigenvalue weighted by Crippen LogP contribution is -2.40. The van der Waals surface area contributed by atoms with E-state index in [4.69, 9.17) is 4.98 Å². The van der Waals surface area contributed by atoms with E-state index in [2.05, 4.69) is 59.8 Å². The molecule has 0 bridgehead atoms. The largest absolute Gasteiger partial charge is 0.351 e. The van der Waals surface area contributed by atoms with Crippen LogP contribution in [0.5, 0.6) is 0 Å². The molecule has 5 heteroatoms. The van der Waals surface area contributed by atoms with Gasteiger partial charge < -0.3 is 14.8 Å². The van der Waals surface area contributed by atoms with Gasteiger partial charge in [-0.3, -0.25) is 4.79 Å². The van der Waals surface area contributed by atoms with Crippen molar-refractivity contribution in [2.45, 2.75) is 65.8 Å². The highest BCUT2D eigenvalue weighted by Crippen LogP contribution is 2.27. The number of nitrogens with zero attached hydrogens (tertiary/aromatic N) is 3. The summed E-state index contributed by atoms with van der Waals surface area (Å²) < 4.78 is 2.29.